The van der Waals surface area contributed by atoms with Crippen molar-refractivity contribution < 1.29 is 36.4 Å². The number of hydrogen-bond donors (Lipinski definition) is 1. The summed E-state index contributed by atoms with van der Waals surface area (Å²) < 4.78 is 50.3. The van der Waals surface area contributed by atoms with Crippen LogP contribution in [0.25, 0.3) is 0 Å². The van der Waals surface area contributed by atoms with Gasteiger partial charge >= 0.3 is 5.91 Å². The second-order valence-electron chi connectivity index (χ2n) is 6.21. The number of benzene rings is 2. The molecule has 1 N–H and O–H groups in total. The van der Waals surface area contributed by atoms with E-state index in [4.69, 9.17) is 4.84 Å². The van der Waals surface area contributed by atoms with Crippen LogP contribution in [0.4, 0.5) is 8.78 Å². The van der Waals surface area contributed by atoms with Crippen molar-refractivity contribution in [3.63, 3.8) is 0 Å². The van der Waals surface area contributed by atoms with Gasteiger partial charge in [-0.25, -0.2) is 27.0 Å². The zero-order chi connectivity index (χ0) is 22.5. The lowest BCUT2D eigenvalue weighted by molar-refractivity contribution is -0.185. The van der Waals surface area contributed by atoms with Crippen LogP contribution < -0.4 is 4.72 Å². The third-order valence-electron chi connectivity index (χ3n) is 3.89. The quantitative estimate of drug-likeness (QED) is 0.378. The van der Waals surface area contributed by atoms with Crippen LogP contribution in [0.15, 0.2) is 48.5 Å². The zero-order valence-corrected chi connectivity index (χ0v) is 16.8. The molecule has 0 aliphatic carbocycles. The lowest BCUT2D eigenvalue weighted by Crippen LogP contribution is -2.40. The highest BCUT2D eigenvalue weighted by Crippen LogP contribution is 2.30. The molecule has 0 heterocycles. The molecule has 2 aromatic rings. The fourth-order valence-corrected chi connectivity index (χ4v) is 3.08. The van der Waals surface area contributed by atoms with Gasteiger partial charge in [-0.15, -0.1) is 0 Å². The van der Waals surface area contributed by atoms with Crippen LogP contribution in [0.3, 0.4) is 0 Å². The number of ketones is 1. The second-order valence-corrected chi connectivity index (χ2v) is 7.96. The number of sulfonamides is 1. The Morgan fingerprint density at radius 2 is 1.40 bits per heavy atom. The van der Waals surface area contributed by atoms with Crippen LogP contribution in [-0.2, 0) is 29.2 Å². The monoisotopic (exact) mass is 440 g/mol. The summed E-state index contributed by atoms with van der Waals surface area (Å²) in [4.78, 5) is 41.4. The Bertz CT molecular complexity index is 994. The van der Waals surface area contributed by atoms with Gasteiger partial charge in [0.1, 0.15) is 17.7 Å². The van der Waals surface area contributed by atoms with Crippen molar-refractivity contribution >= 4 is 27.6 Å². The molecule has 0 radical (unpaired) electrons. The topological polar surface area (TPSA) is 110 Å². The molecular formula is C19H18F2N2O6S. The van der Waals surface area contributed by atoms with E-state index in [-0.39, 0.29) is 0 Å². The summed E-state index contributed by atoms with van der Waals surface area (Å²) in [5.41, 5.74) is 0.762. The Hall–Kier alpha value is -3.18. The van der Waals surface area contributed by atoms with E-state index >= 15 is 0 Å². The molecule has 0 aliphatic rings. The molecule has 0 aliphatic heterocycles. The molecule has 160 valence electrons. The molecular weight excluding hydrogens is 422 g/mol. The van der Waals surface area contributed by atoms with Crippen molar-refractivity contribution in [2.45, 2.75) is 12.5 Å². The molecule has 0 fully saturated rings. The molecule has 0 spiro atoms. The van der Waals surface area contributed by atoms with E-state index in [1.54, 1.807) is 0 Å². The third kappa shape index (κ3) is 6.16. The lowest BCUT2D eigenvalue weighted by atomic mass is 9.97. The number of carbonyl (C=O) groups is 3. The minimum atomic E-state index is -3.99. The average molecular weight is 440 g/mol. The first-order valence-electron chi connectivity index (χ1n) is 8.44. The number of nitrogens with zero attached hydrogens (tertiary/aromatic N) is 1. The van der Waals surface area contributed by atoms with Crippen LogP contribution >= 0.6 is 0 Å². The standard InChI is InChI=1S/C19H18F2N2O6S/c1-29-23(17(25)11-16(24)19(26)22-30(2,27)28)18(12-3-7-14(20)8-4-12)13-5-9-15(21)10-6-13/h3-10,18H,11H2,1-2H3,(H,22,26). The zero-order valence-electron chi connectivity index (χ0n) is 16.0. The molecule has 30 heavy (non-hydrogen) atoms. The van der Waals surface area contributed by atoms with Gasteiger partial charge in [0.05, 0.1) is 19.8 Å². The predicted octanol–water partition coefficient (Wildman–Crippen LogP) is 1.48. The summed E-state index contributed by atoms with van der Waals surface area (Å²) in [6, 6.07) is 9.09. The van der Waals surface area contributed by atoms with Crippen molar-refractivity contribution in [2.24, 2.45) is 0 Å². The van der Waals surface area contributed by atoms with E-state index in [1.807, 2.05) is 0 Å². The van der Waals surface area contributed by atoms with E-state index in [9.17, 15) is 31.6 Å². The van der Waals surface area contributed by atoms with Gasteiger partial charge in [0, 0.05) is 0 Å². The number of hydrogen-bond acceptors (Lipinski definition) is 6. The maximum absolute atomic E-state index is 13.3. The minimum Gasteiger partial charge on any atom is -0.288 e. The Kier molecular flexibility index (Phi) is 7.35. The largest absolute Gasteiger partial charge is 0.301 e. The first-order valence-corrected chi connectivity index (χ1v) is 10.3. The van der Waals surface area contributed by atoms with Gasteiger partial charge in [-0.1, -0.05) is 24.3 Å². The maximum Gasteiger partial charge on any atom is 0.301 e. The van der Waals surface area contributed by atoms with Crippen molar-refractivity contribution in [1.82, 2.24) is 9.79 Å². The third-order valence-corrected chi connectivity index (χ3v) is 4.45. The molecule has 2 amide bonds. The van der Waals surface area contributed by atoms with Crippen molar-refractivity contribution in [3.8, 4) is 0 Å². The molecule has 0 aromatic heterocycles. The number of halogens is 2. The van der Waals surface area contributed by atoms with Gasteiger partial charge in [-0.05, 0) is 35.4 Å². The van der Waals surface area contributed by atoms with Gasteiger partial charge in [0.25, 0.3) is 5.91 Å². The fourth-order valence-electron chi connectivity index (χ4n) is 2.63. The van der Waals surface area contributed by atoms with Crippen LogP contribution in [-0.4, -0.2) is 44.4 Å². The average Bonchev–Trinajstić information content (AvgIpc) is 2.66. The van der Waals surface area contributed by atoms with E-state index in [1.165, 1.54) is 29.0 Å². The van der Waals surface area contributed by atoms with Crippen molar-refractivity contribution in [3.05, 3.63) is 71.3 Å². The Labute approximate surface area is 171 Å². The number of hydroxylamine groups is 2. The number of carbonyl (C=O) groups excluding carboxylic acids is 3. The van der Waals surface area contributed by atoms with Gasteiger partial charge < -0.3 is 0 Å². The highest BCUT2D eigenvalue weighted by Gasteiger charge is 2.31. The Morgan fingerprint density at radius 3 is 1.77 bits per heavy atom. The molecule has 0 bridgehead atoms. The van der Waals surface area contributed by atoms with Crippen LogP contribution in [0.1, 0.15) is 23.6 Å². The summed E-state index contributed by atoms with van der Waals surface area (Å²) in [6.07, 6.45) is -0.311. The molecule has 2 rings (SSSR count). The lowest BCUT2D eigenvalue weighted by Gasteiger charge is -2.30. The Morgan fingerprint density at radius 1 is 0.967 bits per heavy atom. The van der Waals surface area contributed by atoms with E-state index in [2.05, 4.69) is 0 Å². The summed E-state index contributed by atoms with van der Waals surface area (Å²) in [5.74, 6) is -4.80. The smallest absolute Gasteiger partial charge is 0.288 e. The van der Waals surface area contributed by atoms with E-state index in [0.29, 0.717) is 17.4 Å². The highest BCUT2D eigenvalue weighted by molar-refractivity contribution is 7.89. The maximum atomic E-state index is 13.3. The fraction of sp³-hybridized carbons (Fsp3) is 0.211. The Balaban J connectivity index is 2.35. The summed E-state index contributed by atoms with van der Waals surface area (Å²) >= 11 is 0. The van der Waals surface area contributed by atoms with E-state index < -0.39 is 51.7 Å². The number of rotatable bonds is 8. The highest BCUT2D eigenvalue weighted by atomic mass is 32.2. The van der Waals surface area contributed by atoms with Crippen molar-refractivity contribution in [2.75, 3.05) is 13.4 Å². The summed E-state index contributed by atoms with van der Waals surface area (Å²) in [5, 5.41) is 0.770. The molecule has 2 aromatic carbocycles. The van der Waals surface area contributed by atoms with Crippen molar-refractivity contribution in [1.29, 1.82) is 0 Å². The number of Topliss-reactive ketones (excluding diaryl/α,β-unsaturated/α-hetero) is 1. The molecule has 0 saturated heterocycles. The van der Waals surface area contributed by atoms with Crippen LogP contribution in [0.5, 0.6) is 0 Å². The minimum absolute atomic E-state index is 0.381. The summed E-state index contributed by atoms with van der Waals surface area (Å²) in [6.45, 7) is 0. The predicted molar refractivity (Wildman–Crippen MR) is 101 cm³/mol. The normalized spacial score (nSPS) is 11.2. The molecule has 8 nitrogen and oxygen atoms in total. The van der Waals surface area contributed by atoms with Gasteiger partial charge in [-0.3, -0.25) is 19.2 Å². The first kappa shape index (κ1) is 23.1. The molecule has 0 atom stereocenters. The van der Waals surface area contributed by atoms with Crippen LogP contribution in [0, 0.1) is 11.6 Å². The molecule has 0 saturated carbocycles. The van der Waals surface area contributed by atoms with E-state index in [0.717, 1.165) is 36.4 Å². The number of nitrogens with one attached hydrogen (secondary N) is 1. The molecule has 11 heteroatoms. The van der Waals surface area contributed by atoms with Gasteiger partial charge in [-0.2, -0.15) is 0 Å². The van der Waals surface area contributed by atoms with Crippen LogP contribution in [0.2, 0.25) is 0 Å². The van der Waals surface area contributed by atoms with Gasteiger partial charge in [0.2, 0.25) is 15.8 Å². The first-order chi connectivity index (χ1) is 14.0. The second kappa shape index (κ2) is 9.55. The molecule has 0 unspecified atom stereocenters. The van der Waals surface area contributed by atoms with Gasteiger partial charge in [0.15, 0.2) is 0 Å². The number of amides is 2. The summed E-state index contributed by atoms with van der Waals surface area (Å²) in [7, 11) is -2.85. The SMILES string of the molecule is CON(C(=O)CC(=O)C(=O)NS(C)(=O)=O)C(c1ccc(F)cc1)c1ccc(F)cc1.